The highest BCUT2D eigenvalue weighted by Crippen LogP contribution is 2.24. The van der Waals surface area contributed by atoms with E-state index in [4.69, 9.17) is 5.10 Å². The monoisotopic (exact) mass is 391 g/mol. The third-order valence-corrected chi connectivity index (χ3v) is 4.74. The molecule has 0 saturated carbocycles. The summed E-state index contributed by atoms with van der Waals surface area (Å²) >= 11 is 0. The van der Waals surface area contributed by atoms with E-state index in [1.807, 2.05) is 83.7 Å². The smallest absolute Gasteiger partial charge is 0.274 e. The van der Waals surface area contributed by atoms with Gasteiger partial charge in [-0.1, -0.05) is 30.3 Å². The zero-order valence-electron chi connectivity index (χ0n) is 15.9. The van der Waals surface area contributed by atoms with Crippen molar-refractivity contribution in [2.45, 2.75) is 0 Å². The molecule has 2 aromatic carbocycles. The van der Waals surface area contributed by atoms with Crippen molar-refractivity contribution in [3.8, 4) is 16.9 Å². The van der Waals surface area contributed by atoms with E-state index in [0.29, 0.717) is 11.2 Å². The van der Waals surface area contributed by atoms with Gasteiger partial charge in [0.2, 0.25) is 0 Å². The summed E-state index contributed by atoms with van der Waals surface area (Å²) in [6, 6.07) is 21.2. The number of hydrogen-bond acceptors (Lipinski definition) is 4. The maximum atomic E-state index is 12.4. The highest BCUT2D eigenvalue weighted by atomic mass is 16.1. The van der Waals surface area contributed by atoms with Crippen LogP contribution in [0.4, 0.5) is 0 Å². The molecule has 3 heterocycles. The summed E-state index contributed by atoms with van der Waals surface area (Å²) in [6.07, 6.45) is 9.02. The van der Waals surface area contributed by atoms with E-state index < -0.39 is 0 Å². The van der Waals surface area contributed by atoms with Gasteiger partial charge in [-0.15, -0.1) is 0 Å². The van der Waals surface area contributed by atoms with Crippen LogP contribution in [0.15, 0.2) is 90.1 Å². The average molecular weight is 391 g/mol. The van der Waals surface area contributed by atoms with Gasteiger partial charge in [0.25, 0.3) is 5.56 Å². The Morgan fingerprint density at radius 2 is 1.73 bits per heavy atom. The maximum absolute atomic E-state index is 12.4. The molecule has 0 spiro atoms. The predicted octanol–water partition coefficient (Wildman–Crippen LogP) is 4.34. The van der Waals surface area contributed by atoms with E-state index in [2.05, 4.69) is 15.0 Å². The molecule has 0 fully saturated rings. The average Bonchev–Trinajstić information content (AvgIpc) is 3.23. The standard InChI is InChI=1S/C24H17N5O/c30-24-22(26-20-10-4-5-11-21(20)27-24)13-12-18-16-29(19-8-2-1-3-9-19)28-23(18)17-7-6-14-25-15-17/h1-16H,(H,27,30)/b13-12+. The van der Waals surface area contributed by atoms with Gasteiger partial charge >= 0.3 is 0 Å². The molecule has 0 atom stereocenters. The zero-order valence-corrected chi connectivity index (χ0v) is 15.9. The molecule has 0 aliphatic heterocycles. The quantitative estimate of drug-likeness (QED) is 0.494. The molecule has 5 rings (SSSR count). The molecule has 5 aromatic rings. The fraction of sp³-hybridized carbons (Fsp3) is 0. The lowest BCUT2D eigenvalue weighted by molar-refractivity contribution is 0.884. The normalized spacial score (nSPS) is 11.3. The largest absolute Gasteiger partial charge is 0.319 e. The van der Waals surface area contributed by atoms with Crippen molar-refractivity contribution in [2.75, 3.05) is 0 Å². The second-order valence-corrected chi connectivity index (χ2v) is 6.76. The van der Waals surface area contributed by atoms with Gasteiger partial charge in [-0.3, -0.25) is 9.78 Å². The summed E-state index contributed by atoms with van der Waals surface area (Å²) in [5.74, 6) is 0. The summed E-state index contributed by atoms with van der Waals surface area (Å²) in [5.41, 5.74) is 5.05. The first-order valence-electron chi connectivity index (χ1n) is 9.50. The second-order valence-electron chi connectivity index (χ2n) is 6.76. The van der Waals surface area contributed by atoms with Gasteiger partial charge in [0.1, 0.15) is 11.4 Å². The lowest BCUT2D eigenvalue weighted by Crippen LogP contribution is -2.11. The summed E-state index contributed by atoms with van der Waals surface area (Å²) in [7, 11) is 0. The number of nitrogens with one attached hydrogen (secondary N) is 1. The van der Waals surface area contributed by atoms with Crippen molar-refractivity contribution in [3.05, 3.63) is 107 Å². The molecule has 6 nitrogen and oxygen atoms in total. The zero-order chi connectivity index (χ0) is 20.3. The number of nitrogens with zero attached hydrogens (tertiary/aromatic N) is 4. The van der Waals surface area contributed by atoms with Crippen LogP contribution in [0.2, 0.25) is 0 Å². The number of fused-ring (bicyclic) bond motifs is 1. The molecule has 0 radical (unpaired) electrons. The van der Waals surface area contributed by atoms with Crippen LogP contribution in [0.3, 0.4) is 0 Å². The van der Waals surface area contributed by atoms with Crippen LogP contribution in [0, 0.1) is 0 Å². The van der Waals surface area contributed by atoms with Gasteiger partial charge in [-0.2, -0.15) is 5.10 Å². The number of H-pyrrole nitrogens is 1. The SMILES string of the molecule is O=c1[nH]c2ccccc2nc1/C=C/c1cn(-c2ccccc2)nc1-c1cccnc1. The molecule has 0 aliphatic carbocycles. The number of aromatic amines is 1. The first-order chi connectivity index (χ1) is 14.8. The Kier molecular flexibility index (Phi) is 4.50. The van der Waals surface area contributed by atoms with Crippen molar-refractivity contribution < 1.29 is 0 Å². The van der Waals surface area contributed by atoms with Gasteiger partial charge in [0.15, 0.2) is 0 Å². The molecular weight excluding hydrogens is 374 g/mol. The minimum atomic E-state index is -0.233. The van der Waals surface area contributed by atoms with Crippen LogP contribution < -0.4 is 5.56 Å². The van der Waals surface area contributed by atoms with Crippen LogP contribution in [-0.4, -0.2) is 24.7 Å². The number of aromatic nitrogens is 5. The van der Waals surface area contributed by atoms with Crippen molar-refractivity contribution >= 4 is 23.2 Å². The van der Waals surface area contributed by atoms with Gasteiger partial charge in [0.05, 0.1) is 16.7 Å². The summed E-state index contributed by atoms with van der Waals surface area (Å²) in [6.45, 7) is 0. The maximum Gasteiger partial charge on any atom is 0.274 e. The predicted molar refractivity (Wildman–Crippen MR) is 118 cm³/mol. The molecular formula is C24H17N5O. The topological polar surface area (TPSA) is 76.5 Å². The number of para-hydroxylation sites is 3. The van der Waals surface area contributed by atoms with Crippen molar-refractivity contribution in [1.82, 2.24) is 24.7 Å². The molecule has 0 saturated heterocycles. The van der Waals surface area contributed by atoms with Crippen LogP contribution in [0.5, 0.6) is 0 Å². The van der Waals surface area contributed by atoms with Crippen LogP contribution >= 0.6 is 0 Å². The molecule has 6 heteroatoms. The molecule has 0 amide bonds. The van der Waals surface area contributed by atoms with Crippen molar-refractivity contribution in [3.63, 3.8) is 0 Å². The van der Waals surface area contributed by atoms with Crippen LogP contribution in [0.25, 0.3) is 40.1 Å². The lowest BCUT2D eigenvalue weighted by atomic mass is 10.1. The van der Waals surface area contributed by atoms with E-state index in [9.17, 15) is 4.79 Å². The third-order valence-electron chi connectivity index (χ3n) is 4.74. The van der Waals surface area contributed by atoms with E-state index >= 15 is 0 Å². The first-order valence-corrected chi connectivity index (χ1v) is 9.50. The fourth-order valence-corrected chi connectivity index (χ4v) is 3.27. The molecule has 0 bridgehead atoms. The van der Waals surface area contributed by atoms with Gasteiger partial charge in [-0.05, 0) is 48.6 Å². The van der Waals surface area contributed by atoms with Crippen molar-refractivity contribution in [2.24, 2.45) is 0 Å². The molecule has 30 heavy (non-hydrogen) atoms. The van der Waals surface area contributed by atoms with Gasteiger partial charge in [0, 0.05) is 29.7 Å². The van der Waals surface area contributed by atoms with E-state index in [1.54, 1.807) is 18.5 Å². The Hall–Kier alpha value is -4.32. The molecule has 3 aromatic heterocycles. The highest BCUT2D eigenvalue weighted by Gasteiger charge is 2.11. The minimum absolute atomic E-state index is 0.233. The molecule has 0 unspecified atom stereocenters. The lowest BCUT2D eigenvalue weighted by Gasteiger charge is -2.00. The molecule has 1 N–H and O–H groups in total. The Bertz CT molecular complexity index is 1400. The Morgan fingerprint density at radius 3 is 2.57 bits per heavy atom. The van der Waals surface area contributed by atoms with E-state index in [1.165, 1.54) is 0 Å². The Labute approximate surface area is 172 Å². The highest BCUT2D eigenvalue weighted by molar-refractivity contribution is 5.80. The minimum Gasteiger partial charge on any atom is -0.319 e. The summed E-state index contributed by atoms with van der Waals surface area (Å²) < 4.78 is 1.82. The fourth-order valence-electron chi connectivity index (χ4n) is 3.27. The van der Waals surface area contributed by atoms with Crippen LogP contribution in [-0.2, 0) is 0 Å². The molecule has 144 valence electrons. The van der Waals surface area contributed by atoms with Gasteiger partial charge in [-0.25, -0.2) is 9.67 Å². The summed E-state index contributed by atoms with van der Waals surface area (Å²) in [5, 5.41) is 4.75. The number of pyridine rings is 1. The number of rotatable bonds is 4. The van der Waals surface area contributed by atoms with E-state index in [0.717, 1.165) is 28.0 Å². The summed E-state index contributed by atoms with van der Waals surface area (Å²) in [4.78, 5) is 24.0. The van der Waals surface area contributed by atoms with E-state index in [-0.39, 0.29) is 5.56 Å². The first kappa shape index (κ1) is 17.8. The third kappa shape index (κ3) is 3.42. The molecule has 0 aliphatic rings. The second kappa shape index (κ2) is 7.60. The van der Waals surface area contributed by atoms with Crippen LogP contribution in [0.1, 0.15) is 11.3 Å². The Morgan fingerprint density at radius 1 is 0.900 bits per heavy atom. The Balaban J connectivity index is 1.60. The number of benzene rings is 2. The van der Waals surface area contributed by atoms with Crippen molar-refractivity contribution in [1.29, 1.82) is 0 Å². The van der Waals surface area contributed by atoms with Gasteiger partial charge < -0.3 is 4.98 Å². The number of hydrogen-bond donors (Lipinski definition) is 1.